The Morgan fingerprint density at radius 1 is 1.04 bits per heavy atom. The van der Waals surface area contributed by atoms with E-state index in [9.17, 15) is 13.2 Å². The van der Waals surface area contributed by atoms with Gasteiger partial charge in [0.2, 0.25) is 5.91 Å². The molecule has 0 spiro atoms. The fourth-order valence-corrected chi connectivity index (χ4v) is 3.83. The Hall–Kier alpha value is -2.93. The normalized spacial score (nSPS) is 11.2. The highest BCUT2D eigenvalue weighted by Gasteiger charge is 2.16. The number of amides is 1. The minimum atomic E-state index is -3.46. The lowest BCUT2D eigenvalue weighted by atomic mass is 10.1. The van der Waals surface area contributed by atoms with E-state index in [1.165, 1.54) is 12.1 Å². The molecule has 134 valence electrons. The first-order valence-corrected chi connectivity index (χ1v) is 9.82. The molecule has 6 nitrogen and oxygen atoms in total. The largest absolute Gasteiger partial charge is 0.352 e. The molecule has 3 aromatic rings. The molecule has 0 aliphatic carbocycles. The first-order valence-electron chi connectivity index (χ1n) is 8.17. The molecule has 0 radical (unpaired) electrons. The predicted molar refractivity (Wildman–Crippen MR) is 98.5 cm³/mol. The number of hydrogen-bond acceptors (Lipinski definition) is 4. The van der Waals surface area contributed by atoms with Gasteiger partial charge in [-0.1, -0.05) is 36.4 Å². The first kappa shape index (κ1) is 17.9. The van der Waals surface area contributed by atoms with Crippen LogP contribution in [0.2, 0.25) is 0 Å². The molecule has 0 saturated carbocycles. The summed E-state index contributed by atoms with van der Waals surface area (Å²) >= 11 is 0. The molecule has 1 aromatic heterocycles. The molecule has 0 unspecified atom stereocenters. The van der Waals surface area contributed by atoms with Gasteiger partial charge in [0.25, 0.3) is 0 Å². The zero-order valence-electron chi connectivity index (χ0n) is 14.1. The molecule has 1 amide bonds. The van der Waals surface area contributed by atoms with Crippen molar-refractivity contribution in [2.75, 3.05) is 5.75 Å². The molecule has 0 aliphatic heterocycles. The number of hydrogen-bond donors (Lipinski definition) is 1. The van der Waals surface area contributed by atoms with E-state index in [0.717, 1.165) is 11.3 Å². The third-order valence-corrected chi connectivity index (χ3v) is 5.68. The van der Waals surface area contributed by atoms with Gasteiger partial charge >= 0.3 is 0 Å². The average Bonchev–Trinajstić information content (AvgIpc) is 3.20. The zero-order chi connectivity index (χ0) is 18.4. The van der Waals surface area contributed by atoms with Crippen LogP contribution in [-0.2, 0) is 21.2 Å². The van der Waals surface area contributed by atoms with Crippen molar-refractivity contribution in [1.29, 1.82) is 0 Å². The van der Waals surface area contributed by atoms with Crippen molar-refractivity contribution >= 4 is 15.7 Å². The summed E-state index contributed by atoms with van der Waals surface area (Å²) in [6, 6.07) is 15.8. The van der Waals surface area contributed by atoms with E-state index >= 15 is 0 Å². The third kappa shape index (κ3) is 4.37. The van der Waals surface area contributed by atoms with Gasteiger partial charge in [0.05, 0.1) is 22.7 Å². The van der Waals surface area contributed by atoms with Crippen molar-refractivity contribution in [3.8, 4) is 5.69 Å². The summed E-state index contributed by atoms with van der Waals surface area (Å²) in [5, 5.41) is 2.79. The van der Waals surface area contributed by atoms with Gasteiger partial charge < -0.3 is 9.88 Å². The smallest absolute Gasteiger partial charge is 0.221 e. The summed E-state index contributed by atoms with van der Waals surface area (Å²) in [6.07, 6.45) is 5.12. The highest BCUT2D eigenvalue weighted by molar-refractivity contribution is 7.91. The Morgan fingerprint density at radius 3 is 2.50 bits per heavy atom. The number of para-hydroxylation sites is 1. The van der Waals surface area contributed by atoms with Crippen LogP contribution in [-0.4, -0.2) is 29.6 Å². The SMILES string of the molecule is O=C(CCS(=O)(=O)c1ccccc1)NCc1ccccc1-n1ccnc1. The summed E-state index contributed by atoms with van der Waals surface area (Å²) < 4.78 is 26.3. The fraction of sp³-hybridized carbons (Fsp3) is 0.158. The Balaban J connectivity index is 1.59. The van der Waals surface area contributed by atoms with E-state index in [1.54, 1.807) is 30.7 Å². The molecular weight excluding hydrogens is 350 g/mol. The summed E-state index contributed by atoms with van der Waals surface area (Å²) in [6.45, 7) is 0.318. The topological polar surface area (TPSA) is 81.1 Å². The minimum absolute atomic E-state index is 0.0789. The van der Waals surface area contributed by atoms with Crippen molar-refractivity contribution in [3.05, 3.63) is 78.9 Å². The number of benzene rings is 2. The summed E-state index contributed by atoms with van der Waals surface area (Å²) in [5.41, 5.74) is 1.84. The van der Waals surface area contributed by atoms with Gasteiger partial charge in [-0.2, -0.15) is 0 Å². The predicted octanol–water partition coefficient (Wildman–Crippen LogP) is 2.35. The van der Waals surface area contributed by atoms with E-state index in [2.05, 4.69) is 10.3 Å². The Labute approximate surface area is 152 Å². The monoisotopic (exact) mass is 369 g/mol. The lowest BCUT2D eigenvalue weighted by Crippen LogP contribution is -2.25. The number of imidazole rings is 1. The molecule has 1 heterocycles. The van der Waals surface area contributed by atoms with Crippen LogP contribution < -0.4 is 5.32 Å². The number of aromatic nitrogens is 2. The summed E-state index contributed by atoms with van der Waals surface area (Å²) in [7, 11) is -3.46. The van der Waals surface area contributed by atoms with Crippen LogP contribution in [0.5, 0.6) is 0 Å². The van der Waals surface area contributed by atoms with E-state index < -0.39 is 9.84 Å². The maximum atomic E-state index is 12.2. The van der Waals surface area contributed by atoms with Gasteiger partial charge in [-0.15, -0.1) is 0 Å². The molecule has 1 N–H and O–H groups in total. The number of nitrogens with one attached hydrogen (secondary N) is 1. The second-order valence-electron chi connectivity index (χ2n) is 5.76. The minimum Gasteiger partial charge on any atom is -0.352 e. The standard InChI is InChI=1S/C19H19N3O3S/c23-19(10-13-26(24,25)17-7-2-1-3-8-17)21-14-16-6-4-5-9-18(16)22-12-11-20-15-22/h1-9,11-12,15H,10,13-14H2,(H,21,23). The molecule has 3 rings (SSSR count). The van der Waals surface area contributed by atoms with Crippen LogP contribution in [0.15, 0.2) is 78.2 Å². The molecule has 2 aromatic carbocycles. The van der Waals surface area contributed by atoms with Crippen LogP contribution in [0.3, 0.4) is 0 Å². The van der Waals surface area contributed by atoms with E-state index in [4.69, 9.17) is 0 Å². The van der Waals surface area contributed by atoms with Crippen LogP contribution in [0.1, 0.15) is 12.0 Å². The van der Waals surface area contributed by atoms with Gasteiger partial charge in [0, 0.05) is 25.4 Å². The van der Waals surface area contributed by atoms with E-state index in [0.29, 0.717) is 6.54 Å². The molecule has 0 aliphatic rings. The number of carbonyl (C=O) groups excluding carboxylic acids is 1. The van der Waals surface area contributed by atoms with E-state index in [1.807, 2.05) is 35.0 Å². The van der Waals surface area contributed by atoms with Crippen molar-refractivity contribution in [2.45, 2.75) is 17.9 Å². The maximum Gasteiger partial charge on any atom is 0.221 e. The van der Waals surface area contributed by atoms with Gasteiger partial charge in [0.15, 0.2) is 9.84 Å². The van der Waals surface area contributed by atoms with Gasteiger partial charge in [-0.05, 0) is 23.8 Å². The van der Waals surface area contributed by atoms with Crippen LogP contribution >= 0.6 is 0 Å². The second-order valence-corrected chi connectivity index (χ2v) is 7.87. The first-order chi connectivity index (χ1) is 12.6. The molecular formula is C19H19N3O3S. The quantitative estimate of drug-likeness (QED) is 0.693. The van der Waals surface area contributed by atoms with Crippen molar-refractivity contribution < 1.29 is 13.2 Å². The highest BCUT2D eigenvalue weighted by atomic mass is 32.2. The molecule has 26 heavy (non-hydrogen) atoms. The number of nitrogens with zero attached hydrogens (tertiary/aromatic N) is 2. The van der Waals surface area contributed by atoms with E-state index in [-0.39, 0.29) is 23.0 Å². The van der Waals surface area contributed by atoms with Crippen LogP contribution in [0.4, 0.5) is 0 Å². The van der Waals surface area contributed by atoms with Gasteiger partial charge in [-0.3, -0.25) is 4.79 Å². The Bertz CT molecular complexity index is 968. The lowest BCUT2D eigenvalue weighted by Gasteiger charge is -2.11. The molecule has 0 fully saturated rings. The molecule has 0 bridgehead atoms. The Kier molecular flexibility index (Phi) is 5.48. The van der Waals surface area contributed by atoms with Crippen molar-refractivity contribution in [1.82, 2.24) is 14.9 Å². The summed E-state index contributed by atoms with van der Waals surface area (Å²) in [5.74, 6) is -0.517. The molecule has 0 saturated heterocycles. The highest BCUT2D eigenvalue weighted by Crippen LogP contribution is 2.14. The van der Waals surface area contributed by atoms with Crippen LogP contribution in [0, 0.1) is 0 Å². The average molecular weight is 369 g/mol. The van der Waals surface area contributed by atoms with Crippen LogP contribution in [0.25, 0.3) is 5.69 Å². The van der Waals surface area contributed by atoms with Gasteiger partial charge in [0.1, 0.15) is 0 Å². The van der Waals surface area contributed by atoms with Crippen molar-refractivity contribution in [2.24, 2.45) is 0 Å². The molecule has 7 heteroatoms. The fourth-order valence-electron chi connectivity index (χ4n) is 2.57. The number of carbonyl (C=O) groups is 1. The third-order valence-electron chi connectivity index (χ3n) is 3.95. The zero-order valence-corrected chi connectivity index (χ0v) is 14.9. The Morgan fingerprint density at radius 2 is 1.77 bits per heavy atom. The van der Waals surface area contributed by atoms with Crippen molar-refractivity contribution in [3.63, 3.8) is 0 Å². The van der Waals surface area contributed by atoms with Gasteiger partial charge in [-0.25, -0.2) is 13.4 Å². The number of sulfone groups is 1. The lowest BCUT2D eigenvalue weighted by molar-refractivity contribution is -0.120. The second kappa shape index (κ2) is 7.97. The summed E-state index contributed by atoms with van der Waals surface area (Å²) in [4.78, 5) is 16.4. The maximum absolute atomic E-state index is 12.2. The number of rotatable bonds is 7. The molecule has 0 atom stereocenters.